The number of amides is 1. The number of methoxy groups -OCH3 is 1. The van der Waals surface area contributed by atoms with Crippen molar-refractivity contribution in [3.8, 4) is 11.8 Å². The molecule has 0 radical (unpaired) electrons. The molecule has 0 bridgehead atoms. The third kappa shape index (κ3) is 4.43. The molecule has 1 amide bonds. The van der Waals surface area contributed by atoms with Gasteiger partial charge in [0.2, 0.25) is 5.91 Å². The normalized spacial score (nSPS) is 14.5. The molecule has 1 saturated heterocycles. The quantitative estimate of drug-likeness (QED) is 0.595. The van der Waals surface area contributed by atoms with E-state index in [9.17, 15) is 10.1 Å². The predicted molar refractivity (Wildman–Crippen MR) is 120 cm³/mol. The van der Waals surface area contributed by atoms with E-state index in [-0.39, 0.29) is 5.91 Å². The van der Waals surface area contributed by atoms with Gasteiger partial charge in [-0.05, 0) is 43.5 Å². The number of rotatable bonds is 6. The average molecular weight is 433 g/mol. The van der Waals surface area contributed by atoms with Crippen LogP contribution in [0.4, 0.5) is 0 Å². The molecule has 0 unspecified atom stereocenters. The first-order chi connectivity index (χ1) is 15.5. The third-order valence-corrected chi connectivity index (χ3v) is 6.21. The van der Waals surface area contributed by atoms with Crippen LogP contribution in [-0.2, 0) is 17.8 Å². The Bertz CT molecular complexity index is 1150. The van der Waals surface area contributed by atoms with Crippen LogP contribution in [-0.4, -0.2) is 63.6 Å². The lowest BCUT2D eigenvalue weighted by atomic mass is 10.1. The summed E-state index contributed by atoms with van der Waals surface area (Å²) in [6, 6.07) is 10.3. The first-order valence-corrected chi connectivity index (χ1v) is 10.9. The minimum atomic E-state index is 0.172. The Morgan fingerprint density at radius 2 is 1.88 bits per heavy atom. The molecular weight excluding hydrogens is 404 g/mol. The van der Waals surface area contributed by atoms with Gasteiger partial charge in [-0.1, -0.05) is 12.1 Å². The molecule has 4 rings (SSSR count). The van der Waals surface area contributed by atoms with Crippen LogP contribution in [0, 0.1) is 25.2 Å². The zero-order valence-corrected chi connectivity index (χ0v) is 18.8. The number of hydrogen-bond acceptors (Lipinski definition) is 6. The van der Waals surface area contributed by atoms with Crippen molar-refractivity contribution in [1.82, 2.24) is 24.4 Å². The number of hydrogen-bond donors (Lipinski definition) is 0. The Labute approximate surface area is 188 Å². The van der Waals surface area contributed by atoms with Crippen LogP contribution in [0.3, 0.4) is 0 Å². The Balaban J connectivity index is 1.32. The van der Waals surface area contributed by atoms with Gasteiger partial charge in [0.1, 0.15) is 17.4 Å². The molecule has 8 heteroatoms. The molecule has 8 nitrogen and oxygen atoms in total. The SMILES string of the molecule is COc1ccc(CN2CCN(C(=O)CCc3c(C)nc4c(C#N)cnn4c3C)CC2)cc1. The minimum Gasteiger partial charge on any atom is -0.497 e. The Hall–Kier alpha value is -3.44. The zero-order chi connectivity index (χ0) is 22.7. The van der Waals surface area contributed by atoms with Crippen molar-refractivity contribution >= 4 is 11.6 Å². The van der Waals surface area contributed by atoms with Gasteiger partial charge < -0.3 is 9.64 Å². The van der Waals surface area contributed by atoms with Gasteiger partial charge in [-0.2, -0.15) is 10.4 Å². The summed E-state index contributed by atoms with van der Waals surface area (Å²) in [4.78, 5) is 21.7. The molecule has 1 fully saturated rings. The van der Waals surface area contributed by atoms with E-state index in [1.165, 1.54) is 11.8 Å². The lowest BCUT2D eigenvalue weighted by molar-refractivity contribution is -0.133. The fraction of sp³-hybridized carbons (Fsp3) is 0.417. The summed E-state index contributed by atoms with van der Waals surface area (Å²) in [6.45, 7) is 8.00. The van der Waals surface area contributed by atoms with E-state index < -0.39 is 0 Å². The monoisotopic (exact) mass is 432 g/mol. The zero-order valence-electron chi connectivity index (χ0n) is 18.8. The third-order valence-electron chi connectivity index (χ3n) is 6.21. The maximum absolute atomic E-state index is 12.9. The highest BCUT2D eigenvalue weighted by atomic mass is 16.5. The van der Waals surface area contributed by atoms with Gasteiger partial charge in [0, 0.05) is 50.5 Å². The van der Waals surface area contributed by atoms with Gasteiger partial charge in [-0.25, -0.2) is 9.50 Å². The first-order valence-electron chi connectivity index (χ1n) is 10.9. The fourth-order valence-corrected chi connectivity index (χ4v) is 4.29. The number of carbonyl (C=O) groups is 1. The van der Waals surface area contributed by atoms with Crippen LogP contribution in [0.25, 0.3) is 5.65 Å². The second kappa shape index (κ2) is 9.37. The first kappa shape index (κ1) is 21.8. The van der Waals surface area contributed by atoms with E-state index in [2.05, 4.69) is 33.2 Å². The largest absolute Gasteiger partial charge is 0.497 e. The number of carbonyl (C=O) groups excluding carboxylic acids is 1. The minimum absolute atomic E-state index is 0.172. The molecule has 0 atom stereocenters. The van der Waals surface area contributed by atoms with Gasteiger partial charge in [-0.15, -0.1) is 0 Å². The Morgan fingerprint density at radius 1 is 1.16 bits per heavy atom. The number of fused-ring (bicyclic) bond motifs is 1. The van der Waals surface area contributed by atoms with Crippen LogP contribution in [0.1, 0.15) is 34.5 Å². The summed E-state index contributed by atoms with van der Waals surface area (Å²) in [6.07, 6.45) is 2.60. The summed E-state index contributed by atoms with van der Waals surface area (Å²) >= 11 is 0. The molecule has 1 aliphatic rings. The van der Waals surface area contributed by atoms with E-state index in [1.807, 2.05) is 30.9 Å². The van der Waals surface area contributed by atoms with Crippen LogP contribution in [0.2, 0.25) is 0 Å². The summed E-state index contributed by atoms with van der Waals surface area (Å²) < 4.78 is 6.91. The van der Waals surface area contributed by atoms with Crippen molar-refractivity contribution < 1.29 is 9.53 Å². The predicted octanol–water partition coefficient (Wildman–Crippen LogP) is 2.50. The molecule has 1 aliphatic heterocycles. The summed E-state index contributed by atoms with van der Waals surface area (Å²) in [5.41, 5.74) is 5.10. The fourth-order valence-electron chi connectivity index (χ4n) is 4.29. The number of benzene rings is 1. The molecule has 0 spiro atoms. The standard InChI is InChI=1S/C24H28N6O2/c1-17-22(18(2)30-24(27-17)20(14-25)15-26-30)8-9-23(31)29-12-10-28(11-13-29)16-19-4-6-21(32-3)7-5-19/h4-7,15H,8-13,16H2,1-3H3. The van der Waals surface area contributed by atoms with Crippen LogP contribution in [0.5, 0.6) is 5.75 Å². The summed E-state index contributed by atoms with van der Waals surface area (Å²) in [7, 11) is 1.67. The molecule has 3 aromatic rings. The number of ether oxygens (including phenoxy) is 1. The van der Waals surface area contributed by atoms with Gasteiger partial charge >= 0.3 is 0 Å². The molecule has 1 aromatic carbocycles. The molecule has 2 aromatic heterocycles. The van der Waals surface area contributed by atoms with Crippen molar-refractivity contribution in [3.05, 3.63) is 58.5 Å². The Kier molecular flexibility index (Phi) is 6.37. The maximum atomic E-state index is 12.9. The van der Waals surface area contributed by atoms with Crippen LogP contribution >= 0.6 is 0 Å². The molecule has 3 heterocycles. The molecule has 0 aliphatic carbocycles. The second-order valence-corrected chi connectivity index (χ2v) is 8.17. The van der Waals surface area contributed by atoms with Crippen LogP contribution in [0.15, 0.2) is 30.5 Å². The average Bonchev–Trinajstić information content (AvgIpc) is 3.22. The van der Waals surface area contributed by atoms with Gasteiger partial charge in [0.25, 0.3) is 0 Å². The molecule has 0 N–H and O–H groups in total. The molecular formula is C24H28N6O2. The van der Waals surface area contributed by atoms with Crippen LogP contribution < -0.4 is 4.74 Å². The molecule has 0 saturated carbocycles. The van der Waals surface area contributed by atoms with E-state index in [0.29, 0.717) is 24.1 Å². The van der Waals surface area contributed by atoms with E-state index in [4.69, 9.17) is 4.74 Å². The number of nitriles is 1. The van der Waals surface area contributed by atoms with E-state index in [1.54, 1.807) is 11.6 Å². The Morgan fingerprint density at radius 3 is 2.53 bits per heavy atom. The van der Waals surface area contributed by atoms with Gasteiger partial charge in [0.05, 0.1) is 13.3 Å². The summed E-state index contributed by atoms with van der Waals surface area (Å²) in [5, 5.41) is 13.5. The van der Waals surface area contributed by atoms with Gasteiger partial charge in [0.15, 0.2) is 5.65 Å². The highest BCUT2D eigenvalue weighted by Crippen LogP contribution is 2.19. The molecule has 166 valence electrons. The smallest absolute Gasteiger partial charge is 0.222 e. The lowest BCUT2D eigenvalue weighted by Gasteiger charge is -2.35. The number of aryl methyl sites for hydroxylation is 2. The lowest BCUT2D eigenvalue weighted by Crippen LogP contribution is -2.48. The number of aromatic nitrogens is 3. The van der Waals surface area contributed by atoms with E-state index >= 15 is 0 Å². The number of piperazine rings is 1. The van der Waals surface area contributed by atoms with E-state index in [0.717, 1.165) is 55.4 Å². The molecule has 32 heavy (non-hydrogen) atoms. The second-order valence-electron chi connectivity index (χ2n) is 8.17. The van der Waals surface area contributed by atoms with Crippen molar-refractivity contribution in [3.63, 3.8) is 0 Å². The van der Waals surface area contributed by atoms with Crippen molar-refractivity contribution in [2.24, 2.45) is 0 Å². The highest BCUT2D eigenvalue weighted by Gasteiger charge is 2.22. The highest BCUT2D eigenvalue weighted by molar-refractivity contribution is 5.76. The van der Waals surface area contributed by atoms with Crippen molar-refractivity contribution in [1.29, 1.82) is 5.26 Å². The van der Waals surface area contributed by atoms with Gasteiger partial charge in [-0.3, -0.25) is 9.69 Å². The number of nitrogens with zero attached hydrogens (tertiary/aromatic N) is 6. The maximum Gasteiger partial charge on any atom is 0.222 e. The van der Waals surface area contributed by atoms with Crippen molar-refractivity contribution in [2.75, 3.05) is 33.3 Å². The topological polar surface area (TPSA) is 86.8 Å². The summed E-state index contributed by atoms with van der Waals surface area (Å²) in [5.74, 6) is 1.04. The van der Waals surface area contributed by atoms with Crippen molar-refractivity contribution in [2.45, 2.75) is 33.2 Å².